The van der Waals surface area contributed by atoms with E-state index in [9.17, 15) is 5.11 Å². The van der Waals surface area contributed by atoms with Crippen LogP contribution >= 0.6 is 0 Å². The minimum Gasteiger partial charge on any atom is -0.374 e. The Morgan fingerprint density at radius 3 is 2.53 bits per heavy atom. The Bertz CT molecular complexity index is 1730. The Labute approximate surface area is 219 Å². The van der Waals surface area contributed by atoms with Gasteiger partial charge in [-0.1, -0.05) is 26.8 Å². The number of fused-ring (bicyclic) bond motifs is 2. The summed E-state index contributed by atoms with van der Waals surface area (Å²) in [5, 5.41) is 23.1. The molecule has 0 aromatic carbocycles. The van der Waals surface area contributed by atoms with E-state index >= 15 is 0 Å². The molecule has 0 fully saturated rings. The number of anilines is 1. The van der Waals surface area contributed by atoms with Crippen LogP contribution in [0, 0.1) is 5.41 Å². The average Bonchev–Trinajstić information content (AvgIpc) is 3.51. The molecule has 1 unspecified atom stereocenters. The smallest absolute Gasteiger partial charge is 0.181 e. The van der Waals surface area contributed by atoms with E-state index in [4.69, 9.17) is 0 Å². The number of H-pyrrole nitrogens is 2. The van der Waals surface area contributed by atoms with Gasteiger partial charge >= 0.3 is 0 Å². The van der Waals surface area contributed by atoms with E-state index in [2.05, 4.69) is 73.3 Å². The van der Waals surface area contributed by atoms with Gasteiger partial charge in [-0.15, -0.1) is 0 Å². The third-order valence-corrected chi connectivity index (χ3v) is 6.41. The molecule has 0 aliphatic carbocycles. The fourth-order valence-corrected chi connectivity index (χ4v) is 4.70. The first-order valence-corrected chi connectivity index (χ1v) is 12.5. The summed E-state index contributed by atoms with van der Waals surface area (Å²) in [6.45, 7) is 6.29. The summed E-state index contributed by atoms with van der Waals surface area (Å²) in [7, 11) is 0. The molecule has 9 heteroatoms. The summed E-state index contributed by atoms with van der Waals surface area (Å²) in [5.41, 5.74) is 7.81. The molecular weight excluding hydrogens is 476 g/mol. The fraction of sp³-hybridized carbons (Fsp3) is 0.207. The predicted molar refractivity (Wildman–Crippen MR) is 149 cm³/mol. The van der Waals surface area contributed by atoms with Crippen molar-refractivity contribution in [3.63, 3.8) is 0 Å². The first-order valence-electron chi connectivity index (χ1n) is 12.5. The largest absolute Gasteiger partial charge is 0.374 e. The molecule has 0 radical (unpaired) electrons. The monoisotopic (exact) mass is 504 g/mol. The minimum atomic E-state index is -0.666. The van der Waals surface area contributed by atoms with E-state index in [1.165, 1.54) is 0 Å². The number of rotatable bonds is 6. The molecule has 0 amide bonds. The van der Waals surface area contributed by atoms with Crippen molar-refractivity contribution in [3.05, 3.63) is 73.7 Å². The van der Waals surface area contributed by atoms with Crippen molar-refractivity contribution in [1.82, 2.24) is 35.1 Å². The van der Waals surface area contributed by atoms with Crippen LogP contribution in [0.4, 0.5) is 5.69 Å². The number of nitrogens with one attached hydrogen (secondary N) is 3. The van der Waals surface area contributed by atoms with E-state index in [-0.39, 0.29) is 5.41 Å². The Morgan fingerprint density at radius 1 is 0.895 bits per heavy atom. The van der Waals surface area contributed by atoms with Crippen molar-refractivity contribution < 1.29 is 5.11 Å². The van der Waals surface area contributed by atoms with Gasteiger partial charge in [0.15, 0.2) is 5.65 Å². The van der Waals surface area contributed by atoms with Crippen LogP contribution in [0.5, 0.6) is 0 Å². The van der Waals surface area contributed by atoms with Gasteiger partial charge in [0.2, 0.25) is 0 Å². The van der Waals surface area contributed by atoms with Gasteiger partial charge in [0.25, 0.3) is 0 Å². The maximum Gasteiger partial charge on any atom is 0.181 e. The summed E-state index contributed by atoms with van der Waals surface area (Å²) >= 11 is 0. The number of aliphatic hydroxyl groups excluding tert-OH is 1. The summed E-state index contributed by atoms with van der Waals surface area (Å²) < 4.78 is 0. The van der Waals surface area contributed by atoms with Crippen molar-refractivity contribution in [2.75, 3.05) is 5.32 Å². The molecule has 0 aliphatic rings. The highest BCUT2D eigenvalue weighted by molar-refractivity contribution is 6.00. The quantitative estimate of drug-likeness (QED) is 0.211. The lowest BCUT2D eigenvalue weighted by Gasteiger charge is -2.23. The van der Waals surface area contributed by atoms with Gasteiger partial charge < -0.3 is 15.4 Å². The zero-order valence-electron chi connectivity index (χ0n) is 21.4. The summed E-state index contributed by atoms with van der Waals surface area (Å²) in [5.74, 6) is 0. The third kappa shape index (κ3) is 4.71. The van der Waals surface area contributed by atoms with Crippen molar-refractivity contribution in [2.45, 2.75) is 33.4 Å². The molecule has 6 heterocycles. The second-order valence-electron chi connectivity index (χ2n) is 10.7. The topological polar surface area (TPSA) is 128 Å². The van der Waals surface area contributed by atoms with Gasteiger partial charge in [-0.25, -0.2) is 4.98 Å². The van der Waals surface area contributed by atoms with Gasteiger partial charge in [0.1, 0.15) is 6.23 Å². The fourth-order valence-electron chi connectivity index (χ4n) is 4.70. The average molecular weight is 505 g/mol. The molecule has 38 heavy (non-hydrogen) atoms. The molecule has 6 aromatic rings. The lowest BCUT2D eigenvalue weighted by atomic mass is 9.91. The van der Waals surface area contributed by atoms with E-state index in [0.29, 0.717) is 12.1 Å². The first-order chi connectivity index (χ1) is 18.3. The van der Waals surface area contributed by atoms with Crippen LogP contribution in [0.2, 0.25) is 0 Å². The summed E-state index contributed by atoms with van der Waals surface area (Å²) in [6, 6.07) is 10.1. The molecule has 0 saturated carbocycles. The van der Waals surface area contributed by atoms with Crippen molar-refractivity contribution >= 4 is 27.6 Å². The molecule has 0 bridgehead atoms. The van der Waals surface area contributed by atoms with Crippen LogP contribution < -0.4 is 5.32 Å². The van der Waals surface area contributed by atoms with Crippen LogP contribution in [-0.2, 0) is 0 Å². The first kappa shape index (κ1) is 23.7. The number of hydrogen-bond donors (Lipinski definition) is 4. The van der Waals surface area contributed by atoms with Crippen molar-refractivity contribution in [1.29, 1.82) is 0 Å². The van der Waals surface area contributed by atoms with Gasteiger partial charge in [-0.3, -0.25) is 20.1 Å². The SMILES string of the molecule is CC(C)(C)CC(O)Nc1cncc(-c2cnc3n[nH]c(-c4cc5c(-c6cccnc6)cncc5[nH]4)c3c2)c1. The highest BCUT2D eigenvalue weighted by Crippen LogP contribution is 2.34. The van der Waals surface area contributed by atoms with Gasteiger partial charge in [0.05, 0.1) is 35.0 Å². The predicted octanol–water partition coefficient (Wildman–Crippen LogP) is 5.79. The van der Waals surface area contributed by atoms with Crippen molar-refractivity contribution in [2.24, 2.45) is 5.41 Å². The van der Waals surface area contributed by atoms with Gasteiger partial charge in [-0.05, 0) is 36.1 Å². The molecule has 0 aliphatic heterocycles. The highest BCUT2D eigenvalue weighted by atomic mass is 16.3. The number of aliphatic hydroxyl groups is 1. The van der Waals surface area contributed by atoms with E-state index in [1.54, 1.807) is 24.8 Å². The lowest BCUT2D eigenvalue weighted by molar-refractivity contribution is 0.145. The molecular formula is C29H28N8O. The molecule has 6 aromatic heterocycles. The van der Waals surface area contributed by atoms with Gasteiger partial charge in [0, 0.05) is 64.0 Å². The molecule has 0 saturated heterocycles. The Morgan fingerprint density at radius 2 is 1.71 bits per heavy atom. The maximum atomic E-state index is 10.5. The maximum absolute atomic E-state index is 10.5. The van der Waals surface area contributed by atoms with E-state index in [1.807, 2.05) is 36.8 Å². The van der Waals surface area contributed by atoms with Crippen molar-refractivity contribution in [3.8, 4) is 33.6 Å². The second-order valence-corrected chi connectivity index (χ2v) is 10.7. The lowest BCUT2D eigenvalue weighted by Crippen LogP contribution is -2.25. The Kier molecular flexibility index (Phi) is 5.84. The Hall–Kier alpha value is -4.63. The molecule has 1 atom stereocenters. The number of aromatic amines is 2. The third-order valence-electron chi connectivity index (χ3n) is 6.41. The zero-order valence-corrected chi connectivity index (χ0v) is 21.4. The van der Waals surface area contributed by atoms with Crippen LogP contribution in [0.15, 0.2) is 73.7 Å². The minimum absolute atomic E-state index is 0.00151. The van der Waals surface area contributed by atoms with Crippen LogP contribution in [0.1, 0.15) is 27.2 Å². The van der Waals surface area contributed by atoms with E-state index < -0.39 is 6.23 Å². The summed E-state index contributed by atoms with van der Waals surface area (Å²) in [6.07, 6.45) is 12.5. The van der Waals surface area contributed by atoms with Crippen LogP contribution in [0.3, 0.4) is 0 Å². The number of nitrogens with zero attached hydrogens (tertiary/aromatic N) is 5. The zero-order chi connectivity index (χ0) is 26.3. The number of pyridine rings is 4. The molecule has 190 valence electrons. The number of aromatic nitrogens is 7. The van der Waals surface area contributed by atoms with E-state index in [0.717, 1.165) is 55.6 Å². The summed E-state index contributed by atoms with van der Waals surface area (Å²) in [4.78, 5) is 21.1. The second kappa shape index (κ2) is 9.35. The number of hydrogen-bond acceptors (Lipinski definition) is 7. The van der Waals surface area contributed by atoms with Gasteiger partial charge in [-0.2, -0.15) is 5.10 Å². The standard InChI is InChI=1S/C29H28N8O/c1-29(2,3)10-26(38)34-20-7-18(12-31-14-20)19-8-22-27(36-37-28(22)33-13-19)24-9-21-23(15-32-16-25(21)35-24)17-5-4-6-30-11-17/h4-9,11-16,26,34-35,38H,10H2,1-3H3,(H,33,36,37). The molecule has 9 nitrogen and oxygen atoms in total. The molecule has 4 N–H and O–H groups in total. The molecule has 6 rings (SSSR count). The Balaban J connectivity index is 1.36. The van der Waals surface area contributed by atoms with Crippen LogP contribution in [-0.4, -0.2) is 46.5 Å². The molecule has 0 spiro atoms. The normalized spacial score (nSPS) is 12.7. The highest BCUT2D eigenvalue weighted by Gasteiger charge is 2.18. The van der Waals surface area contributed by atoms with Crippen LogP contribution in [0.25, 0.3) is 55.6 Å².